The molecule has 0 aliphatic carbocycles. The van der Waals surface area contributed by atoms with Crippen LogP contribution in [0.2, 0.25) is 0 Å². The number of sulfonamides is 1. The second kappa shape index (κ2) is 9.09. The molecule has 0 amide bonds. The van der Waals surface area contributed by atoms with Gasteiger partial charge in [-0.25, -0.2) is 12.8 Å². The van der Waals surface area contributed by atoms with Crippen molar-refractivity contribution >= 4 is 15.8 Å². The van der Waals surface area contributed by atoms with Gasteiger partial charge in [-0.2, -0.15) is 4.31 Å². The van der Waals surface area contributed by atoms with Gasteiger partial charge < -0.3 is 14.4 Å². The highest BCUT2D eigenvalue weighted by Crippen LogP contribution is 2.31. The summed E-state index contributed by atoms with van der Waals surface area (Å²) in [5.74, 6) is 1.14. The molecule has 0 radical (unpaired) electrons. The van der Waals surface area contributed by atoms with E-state index in [4.69, 9.17) is 9.47 Å². The van der Waals surface area contributed by atoms with Crippen molar-refractivity contribution in [1.82, 2.24) is 14.5 Å². The molecule has 32 heavy (non-hydrogen) atoms. The maximum atomic E-state index is 14.0. The highest BCUT2D eigenvalue weighted by Gasteiger charge is 2.30. The second-order valence-electron chi connectivity index (χ2n) is 7.17. The van der Waals surface area contributed by atoms with Crippen molar-refractivity contribution in [1.29, 1.82) is 0 Å². The minimum Gasteiger partial charge on any atom is -0.493 e. The first-order valence-electron chi connectivity index (χ1n) is 10.00. The summed E-state index contributed by atoms with van der Waals surface area (Å²) in [5, 5.41) is 8.62. The van der Waals surface area contributed by atoms with Gasteiger partial charge in [0.15, 0.2) is 17.3 Å². The smallest absolute Gasteiger partial charge is 0.246 e. The summed E-state index contributed by atoms with van der Waals surface area (Å²) >= 11 is 0. The largest absolute Gasteiger partial charge is 0.493 e. The molecule has 0 unspecified atom stereocenters. The lowest BCUT2D eigenvalue weighted by molar-refractivity contribution is 0.355. The van der Waals surface area contributed by atoms with E-state index in [2.05, 4.69) is 10.2 Å². The molecule has 2 heterocycles. The number of nitrogens with zero attached hydrogens (tertiary/aromatic N) is 4. The third-order valence-corrected chi connectivity index (χ3v) is 7.28. The van der Waals surface area contributed by atoms with Crippen LogP contribution in [-0.4, -0.2) is 63.3 Å². The van der Waals surface area contributed by atoms with Crippen molar-refractivity contribution < 1.29 is 22.3 Å². The Labute approximate surface area is 186 Å². The lowest BCUT2D eigenvalue weighted by Gasteiger charge is -2.34. The second-order valence-corrected chi connectivity index (χ2v) is 9.07. The lowest BCUT2D eigenvalue weighted by atomic mass is 10.1. The zero-order chi connectivity index (χ0) is 22.7. The fourth-order valence-electron chi connectivity index (χ4n) is 3.59. The number of halogens is 1. The SMILES string of the molecule is COc1ccc(-c2ccc(N3CCN(S(=O)(=O)c4ccccc4F)CC3)nn2)cc1OC. The zero-order valence-corrected chi connectivity index (χ0v) is 18.5. The first-order valence-corrected chi connectivity index (χ1v) is 11.4. The highest BCUT2D eigenvalue weighted by molar-refractivity contribution is 7.89. The van der Waals surface area contributed by atoms with E-state index < -0.39 is 15.8 Å². The number of ether oxygens (including phenoxy) is 2. The first-order chi connectivity index (χ1) is 15.4. The molecule has 8 nitrogen and oxygen atoms in total. The molecule has 1 fully saturated rings. The van der Waals surface area contributed by atoms with Crippen LogP contribution in [0.4, 0.5) is 10.2 Å². The number of anilines is 1. The molecule has 10 heteroatoms. The van der Waals surface area contributed by atoms with Gasteiger partial charge in [0.25, 0.3) is 0 Å². The molecule has 0 N–H and O–H groups in total. The fourth-order valence-corrected chi connectivity index (χ4v) is 5.08. The van der Waals surface area contributed by atoms with Gasteiger partial charge in [0.2, 0.25) is 10.0 Å². The molecule has 3 aromatic rings. The summed E-state index contributed by atoms with van der Waals surface area (Å²) in [6.45, 7) is 1.32. The molecular formula is C22H23FN4O4S. The van der Waals surface area contributed by atoms with E-state index in [-0.39, 0.29) is 18.0 Å². The first kappa shape index (κ1) is 22.0. The maximum absolute atomic E-state index is 14.0. The van der Waals surface area contributed by atoms with E-state index in [0.29, 0.717) is 36.1 Å². The standard InChI is InChI=1S/C22H23FN4O4S/c1-30-19-9-7-16(15-20(19)31-2)18-8-10-22(25-24-18)26-11-13-27(14-12-26)32(28,29)21-6-4-3-5-17(21)23/h3-10,15H,11-14H2,1-2H3. The minimum absolute atomic E-state index is 0.232. The Morgan fingerprint density at radius 3 is 2.22 bits per heavy atom. The molecule has 0 saturated carbocycles. The summed E-state index contributed by atoms with van der Waals surface area (Å²) in [7, 11) is -0.731. The Morgan fingerprint density at radius 2 is 1.59 bits per heavy atom. The molecule has 4 rings (SSSR count). The number of aromatic nitrogens is 2. The van der Waals surface area contributed by atoms with Crippen molar-refractivity contribution in [2.45, 2.75) is 4.90 Å². The van der Waals surface area contributed by atoms with Gasteiger partial charge in [0, 0.05) is 31.7 Å². The highest BCUT2D eigenvalue weighted by atomic mass is 32.2. The van der Waals surface area contributed by atoms with E-state index in [1.54, 1.807) is 20.3 Å². The van der Waals surface area contributed by atoms with Crippen LogP contribution < -0.4 is 14.4 Å². The third kappa shape index (κ3) is 4.23. The Hall–Kier alpha value is -3.24. The van der Waals surface area contributed by atoms with Gasteiger partial charge in [-0.15, -0.1) is 10.2 Å². The van der Waals surface area contributed by atoms with E-state index in [1.807, 2.05) is 29.2 Å². The van der Waals surface area contributed by atoms with Gasteiger partial charge in [0.1, 0.15) is 10.7 Å². The van der Waals surface area contributed by atoms with Crippen molar-refractivity contribution in [3.05, 3.63) is 60.4 Å². The average molecular weight is 459 g/mol. The topological polar surface area (TPSA) is 84.9 Å². The van der Waals surface area contributed by atoms with Crippen LogP contribution in [0.3, 0.4) is 0 Å². The van der Waals surface area contributed by atoms with Crippen LogP contribution in [0.1, 0.15) is 0 Å². The number of hydrogen-bond acceptors (Lipinski definition) is 7. The molecule has 0 atom stereocenters. The molecule has 1 aromatic heterocycles. The minimum atomic E-state index is -3.88. The normalized spacial score (nSPS) is 14.9. The quantitative estimate of drug-likeness (QED) is 0.562. The Bertz CT molecular complexity index is 1200. The van der Waals surface area contributed by atoms with Gasteiger partial charge >= 0.3 is 0 Å². The van der Waals surface area contributed by atoms with Crippen molar-refractivity contribution in [3.8, 4) is 22.8 Å². The average Bonchev–Trinajstić information content (AvgIpc) is 2.84. The van der Waals surface area contributed by atoms with Gasteiger partial charge in [-0.3, -0.25) is 0 Å². The molecule has 0 bridgehead atoms. The monoisotopic (exact) mass is 458 g/mol. The number of hydrogen-bond donors (Lipinski definition) is 0. The Kier molecular flexibility index (Phi) is 6.24. The van der Waals surface area contributed by atoms with E-state index in [9.17, 15) is 12.8 Å². The van der Waals surface area contributed by atoms with Crippen molar-refractivity contribution in [2.24, 2.45) is 0 Å². The van der Waals surface area contributed by atoms with Crippen LogP contribution in [-0.2, 0) is 10.0 Å². The van der Waals surface area contributed by atoms with Crippen LogP contribution in [0, 0.1) is 5.82 Å². The third-order valence-electron chi connectivity index (χ3n) is 5.35. The molecular weight excluding hydrogens is 435 g/mol. The maximum Gasteiger partial charge on any atom is 0.246 e. The number of rotatable bonds is 6. The number of piperazine rings is 1. The number of benzene rings is 2. The van der Waals surface area contributed by atoms with Crippen molar-refractivity contribution in [3.63, 3.8) is 0 Å². The van der Waals surface area contributed by atoms with E-state index >= 15 is 0 Å². The molecule has 1 aliphatic heterocycles. The zero-order valence-electron chi connectivity index (χ0n) is 17.7. The van der Waals surface area contributed by atoms with Gasteiger partial charge in [-0.1, -0.05) is 12.1 Å². The van der Waals surface area contributed by atoms with Crippen LogP contribution in [0.25, 0.3) is 11.3 Å². The fraction of sp³-hybridized carbons (Fsp3) is 0.273. The van der Waals surface area contributed by atoms with Crippen LogP contribution in [0.5, 0.6) is 11.5 Å². The van der Waals surface area contributed by atoms with E-state index in [0.717, 1.165) is 11.6 Å². The predicted octanol–water partition coefficient (Wildman–Crippen LogP) is 2.81. The summed E-state index contributed by atoms with van der Waals surface area (Å²) in [6, 6.07) is 14.6. The molecule has 1 saturated heterocycles. The van der Waals surface area contributed by atoms with Crippen LogP contribution >= 0.6 is 0 Å². The van der Waals surface area contributed by atoms with Gasteiger partial charge in [-0.05, 0) is 42.5 Å². The summed E-state index contributed by atoms with van der Waals surface area (Å²) < 4.78 is 51.4. The Morgan fingerprint density at radius 1 is 0.875 bits per heavy atom. The van der Waals surface area contributed by atoms with Crippen molar-refractivity contribution in [2.75, 3.05) is 45.3 Å². The lowest BCUT2D eigenvalue weighted by Crippen LogP contribution is -2.49. The predicted molar refractivity (Wildman–Crippen MR) is 118 cm³/mol. The summed E-state index contributed by atoms with van der Waals surface area (Å²) in [4.78, 5) is 1.66. The summed E-state index contributed by atoms with van der Waals surface area (Å²) in [6.07, 6.45) is 0. The van der Waals surface area contributed by atoms with E-state index in [1.165, 1.54) is 22.5 Å². The molecule has 2 aromatic carbocycles. The summed E-state index contributed by atoms with van der Waals surface area (Å²) in [5.41, 5.74) is 1.51. The van der Waals surface area contributed by atoms with Crippen LogP contribution in [0.15, 0.2) is 59.5 Å². The Balaban J connectivity index is 1.45. The molecule has 168 valence electrons. The molecule has 0 spiro atoms. The number of methoxy groups -OCH3 is 2. The van der Waals surface area contributed by atoms with Gasteiger partial charge in [0.05, 0.1) is 19.9 Å². The molecule has 1 aliphatic rings.